The van der Waals surface area contributed by atoms with Gasteiger partial charge in [0, 0.05) is 57.7 Å². The number of carbonyl (C=O) groups is 2. The number of halogens is 2. The average Bonchev–Trinajstić information content (AvgIpc) is 3.11. The Bertz CT molecular complexity index is 1930. The maximum Gasteiger partial charge on any atom is 1.00 e. The number of hydrogen-bond acceptors (Lipinski definition) is 7. The quantitative estimate of drug-likeness (QED) is 0.0911. The van der Waals surface area contributed by atoms with Gasteiger partial charge in [0.05, 0.1) is 18.1 Å². The first kappa shape index (κ1) is 40.2. The zero-order valence-corrected chi connectivity index (χ0v) is 30.1. The molecule has 0 aliphatic rings. The van der Waals surface area contributed by atoms with Crippen LogP contribution in [0.3, 0.4) is 0 Å². The van der Waals surface area contributed by atoms with E-state index in [-0.39, 0.29) is 30.6 Å². The molecular formula is C37H36BrClLiN5O3. The molecule has 6 rings (SSSR count). The standard InChI is InChI=1S/C15H9ClN2O.C9H6BrN.C9H12N2O2.C4H9.Li/c16-12-5-7-18-14(9-12)15(19)11-3-4-13-10(8-11)2-1-6-17-13;10-8-3-4-9-7(6-8)2-1-5-11-9;1-7-4-5-10-8(6-7)9(12)11(2)13-3;1-3-4-2;/h1-9H;1-6H;4-6H,1-3H3;1,3-4H2,2H3;/q;;;-1;+1. The van der Waals surface area contributed by atoms with Gasteiger partial charge in [0.2, 0.25) is 5.78 Å². The summed E-state index contributed by atoms with van der Waals surface area (Å²) in [6, 6.07) is 26.0. The monoisotopic (exact) mass is 719 g/mol. The number of nitrogens with zero attached hydrogens (tertiary/aromatic N) is 5. The van der Waals surface area contributed by atoms with Crippen molar-refractivity contribution >= 4 is 61.0 Å². The molecule has 0 N–H and O–H groups in total. The number of hydrogen-bond donors (Lipinski definition) is 0. The molecule has 11 heteroatoms. The molecule has 0 radical (unpaired) electrons. The number of rotatable bonds is 5. The molecule has 0 saturated carbocycles. The summed E-state index contributed by atoms with van der Waals surface area (Å²) in [5.74, 6) is -0.389. The third-order valence-electron chi connectivity index (χ3n) is 6.43. The van der Waals surface area contributed by atoms with Crippen molar-refractivity contribution in [2.45, 2.75) is 26.7 Å². The molecule has 0 aliphatic heterocycles. The number of pyridine rings is 4. The fraction of sp³-hybridized carbons (Fsp3) is 0.162. The van der Waals surface area contributed by atoms with Crippen LogP contribution in [-0.4, -0.2) is 50.8 Å². The molecule has 0 aliphatic carbocycles. The smallest absolute Gasteiger partial charge is 0.343 e. The molecule has 0 saturated heterocycles. The van der Waals surface area contributed by atoms with Gasteiger partial charge in [-0.2, -0.15) is 6.42 Å². The molecule has 48 heavy (non-hydrogen) atoms. The van der Waals surface area contributed by atoms with E-state index in [1.54, 1.807) is 49.9 Å². The molecule has 0 bridgehead atoms. The van der Waals surface area contributed by atoms with Gasteiger partial charge in [-0.3, -0.25) is 34.4 Å². The molecule has 0 fully saturated rings. The molecule has 4 heterocycles. The zero-order chi connectivity index (χ0) is 34.2. The van der Waals surface area contributed by atoms with Crippen molar-refractivity contribution in [3.8, 4) is 0 Å². The summed E-state index contributed by atoms with van der Waals surface area (Å²) in [5.41, 5.74) is 4.21. The number of amides is 1. The van der Waals surface area contributed by atoms with Gasteiger partial charge in [0.15, 0.2) is 0 Å². The number of carbonyl (C=O) groups excluding carboxylic acids is 2. The Hall–Kier alpha value is -3.97. The maximum atomic E-state index is 12.3. The summed E-state index contributed by atoms with van der Waals surface area (Å²) in [6.07, 6.45) is 8.93. The first-order chi connectivity index (χ1) is 22.7. The number of benzene rings is 2. The van der Waals surface area contributed by atoms with Gasteiger partial charge in [-0.25, -0.2) is 5.06 Å². The first-order valence-electron chi connectivity index (χ1n) is 14.7. The minimum atomic E-state index is -0.244. The van der Waals surface area contributed by atoms with E-state index in [0.717, 1.165) is 37.9 Å². The second-order valence-electron chi connectivity index (χ2n) is 10.00. The Morgan fingerprint density at radius 2 is 1.40 bits per heavy atom. The van der Waals surface area contributed by atoms with Crippen LogP contribution in [0.25, 0.3) is 21.8 Å². The van der Waals surface area contributed by atoms with Crippen molar-refractivity contribution in [1.29, 1.82) is 0 Å². The Balaban J connectivity index is 0.000000243. The predicted molar refractivity (Wildman–Crippen MR) is 192 cm³/mol. The second-order valence-corrected chi connectivity index (χ2v) is 11.3. The number of ketones is 1. The summed E-state index contributed by atoms with van der Waals surface area (Å²) < 4.78 is 1.10. The van der Waals surface area contributed by atoms with Gasteiger partial charge in [0.25, 0.3) is 5.91 Å². The van der Waals surface area contributed by atoms with E-state index in [4.69, 9.17) is 16.4 Å². The van der Waals surface area contributed by atoms with Gasteiger partial charge in [0.1, 0.15) is 11.4 Å². The number of aryl methyl sites for hydroxylation is 1. The van der Waals surface area contributed by atoms with Gasteiger partial charge in [-0.05, 0) is 85.3 Å². The Morgan fingerprint density at radius 3 is 1.98 bits per heavy atom. The van der Waals surface area contributed by atoms with E-state index < -0.39 is 0 Å². The topological polar surface area (TPSA) is 98.2 Å². The van der Waals surface area contributed by atoms with E-state index in [2.05, 4.69) is 55.8 Å². The molecule has 8 nitrogen and oxygen atoms in total. The van der Waals surface area contributed by atoms with Crippen LogP contribution in [0.5, 0.6) is 0 Å². The molecule has 0 atom stereocenters. The number of unbranched alkanes of at least 4 members (excludes halogenated alkanes) is 1. The van der Waals surface area contributed by atoms with Crippen molar-refractivity contribution in [3.05, 3.63) is 149 Å². The molecule has 242 valence electrons. The Labute approximate surface area is 307 Å². The van der Waals surface area contributed by atoms with Crippen LogP contribution in [0.1, 0.15) is 51.9 Å². The molecule has 1 amide bonds. The molecule has 0 spiro atoms. The molecule has 2 aromatic carbocycles. The largest absolute Gasteiger partial charge is 1.00 e. The van der Waals surface area contributed by atoms with Gasteiger partial charge >= 0.3 is 18.9 Å². The number of aromatic nitrogens is 4. The Morgan fingerprint density at radius 1 is 0.812 bits per heavy atom. The summed E-state index contributed by atoms with van der Waals surface area (Å²) in [4.78, 5) is 44.9. The summed E-state index contributed by atoms with van der Waals surface area (Å²) in [6.45, 7) is 7.63. The van der Waals surface area contributed by atoms with Gasteiger partial charge in [-0.15, -0.1) is 0 Å². The molecule has 4 aromatic heterocycles. The maximum absolute atomic E-state index is 12.3. The molecular weight excluding hydrogens is 685 g/mol. The zero-order valence-electron chi connectivity index (χ0n) is 27.7. The molecule has 6 aromatic rings. The number of fused-ring (bicyclic) bond motifs is 2. The van der Waals surface area contributed by atoms with Crippen molar-refractivity contribution in [3.63, 3.8) is 0 Å². The fourth-order valence-corrected chi connectivity index (χ4v) is 4.38. The van der Waals surface area contributed by atoms with Gasteiger partial charge in [-0.1, -0.05) is 53.0 Å². The van der Waals surface area contributed by atoms with Crippen LogP contribution in [0.15, 0.2) is 114 Å². The predicted octanol–water partition coefficient (Wildman–Crippen LogP) is 6.16. The summed E-state index contributed by atoms with van der Waals surface area (Å²) in [7, 11) is 2.99. The van der Waals surface area contributed by atoms with E-state index in [1.165, 1.54) is 25.1 Å². The van der Waals surface area contributed by atoms with Crippen LogP contribution < -0.4 is 18.9 Å². The third kappa shape index (κ3) is 12.6. The van der Waals surface area contributed by atoms with E-state index in [1.807, 2.05) is 61.5 Å². The van der Waals surface area contributed by atoms with E-state index in [0.29, 0.717) is 22.0 Å². The van der Waals surface area contributed by atoms with E-state index in [9.17, 15) is 9.59 Å². The minimum absolute atomic E-state index is 0. The number of hydroxylamine groups is 2. The molecule has 0 unspecified atom stereocenters. The van der Waals surface area contributed by atoms with Crippen LogP contribution in [-0.2, 0) is 4.84 Å². The van der Waals surface area contributed by atoms with Crippen LogP contribution in [0.2, 0.25) is 5.02 Å². The summed E-state index contributed by atoms with van der Waals surface area (Å²) >= 11 is 9.27. The summed E-state index contributed by atoms with van der Waals surface area (Å²) in [5, 5.41) is 3.74. The fourth-order valence-electron chi connectivity index (χ4n) is 3.84. The van der Waals surface area contributed by atoms with Crippen molar-refractivity contribution in [2.75, 3.05) is 14.2 Å². The third-order valence-corrected chi connectivity index (χ3v) is 7.16. The minimum Gasteiger partial charge on any atom is -0.343 e. The SMILES string of the molecule is Brc1ccc2ncccc2c1.CON(C)C(=O)c1cc(C)ccn1.O=C(c1ccc2ncccc2c1)c1cc(Cl)ccn1.[CH2-]CCC.[Li+]. The Kier molecular flexibility index (Phi) is 17.7. The van der Waals surface area contributed by atoms with E-state index >= 15 is 0 Å². The van der Waals surface area contributed by atoms with Crippen molar-refractivity contribution in [1.82, 2.24) is 25.0 Å². The van der Waals surface area contributed by atoms with Gasteiger partial charge < -0.3 is 6.92 Å². The first-order valence-corrected chi connectivity index (χ1v) is 15.9. The normalized spacial score (nSPS) is 9.81. The van der Waals surface area contributed by atoms with Crippen molar-refractivity contribution < 1.29 is 33.3 Å². The second kappa shape index (κ2) is 21.1. The average molecular weight is 721 g/mol. The van der Waals surface area contributed by atoms with Crippen LogP contribution in [0.4, 0.5) is 0 Å². The van der Waals surface area contributed by atoms with Crippen molar-refractivity contribution in [2.24, 2.45) is 0 Å². The van der Waals surface area contributed by atoms with Crippen LogP contribution in [0, 0.1) is 13.8 Å². The van der Waals surface area contributed by atoms with Crippen LogP contribution >= 0.6 is 27.5 Å².